The fourth-order valence-corrected chi connectivity index (χ4v) is 4.21. The number of aromatic nitrogens is 1. The molecule has 0 spiro atoms. The Morgan fingerprint density at radius 2 is 1.88 bits per heavy atom. The highest BCUT2D eigenvalue weighted by Gasteiger charge is 2.21. The van der Waals surface area contributed by atoms with E-state index >= 15 is 0 Å². The number of nitrogens with one attached hydrogen (secondary N) is 1. The molecule has 1 saturated heterocycles. The maximum absolute atomic E-state index is 4.61. The Balaban J connectivity index is 1.58. The summed E-state index contributed by atoms with van der Waals surface area (Å²) in [7, 11) is 1.86. The molecule has 26 heavy (non-hydrogen) atoms. The van der Waals surface area contributed by atoms with Gasteiger partial charge in [0.15, 0.2) is 5.96 Å². The highest BCUT2D eigenvalue weighted by molar-refractivity contribution is 7.11. The van der Waals surface area contributed by atoms with Crippen molar-refractivity contribution in [3.8, 4) is 0 Å². The van der Waals surface area contributed by atoms with Crippen molar-refractivity contribution < 1.29 is 0 Å². The van der Waals surface area contributed by atoms with Crippen LogP contribution in [-0.2, 0) is 6.54 Å². The summed E-state index contributed by atoms with van der Waals surface area (Å²) < 4.78 is 0. The van der Waals surface area contributed by atoms with Crippen LogP contribution in [0.5, 0.6) is 0 Å². The first kappa shape index (κ1) is 18.7. The second-order valence-electron chi connectivity index (χ2n) is 6.84. The lowest BCUT2D eigenvalue weighted by Crippen LogP contribution is -2.52. The topological polar surface area (TPSA) is 43.8 Å². The maximum Gasteiger partial charge on any atom is 0.194 e. The molecule has 1 aromatic heterocycles. The Hall–Kier alpha value is -2.08. The van der Waals surface area contributed by atoms with Gasteiger partial charge in [0, 0.05) is 43.8 Å². The van der Waals surface area contributed by atoms with Crippen molar-refractivity contribution in [2.75, 3.05) is 38.1 Å². The molecule has 5 nitrogen and oxygen atoms in total. The number of rotatable bonds is 3. The van der Waals surface area contributed by atoms with Crippen molar-refractivity contribution in [3.63, 3.8) is 0 Å². The first-order valence-electron chi connectivity index (χ1n) is 9.19. The first-order valence-corrected chi connectivity index (χ1v) is 10.0. The summed E-state index contributed by atoms with van der Waals surface area (Å²) in [6.07, 6.45) is 0. The highest BCUT2D eigenvalue weighted by Crippen LogP contribution is 2.24. The van der Waals surface area contributed by atoms with Crippen LogP contribution in [0.15, 0.2) is 23.2 Å². The molecule has 140 valence electrons. The predicted octanol–water partition coefficient (Wildman–Crippen LogP) is 3.27. The fraction of sp³-hybridized carbons (Fsp3) is 0.500. The number of aliphatic imine (C=N–C) groups is 1. The van der Waals surface area contributed by atoms with Gasteiger partial charge in [0.1, 0.15) is 5.01 Å². The standard InChI is InChI=1S/C20H29N5S/c1-14-7-6-8-18(15(14)2)24-9-11-25(12-10-24)20(21-5)22-13-19-23-16(3)17(4)26-19/h6-8H,9-13H2,1-5H3,(H,21,22). The maximum atomic E-state index is 4.61. The molecular weight excluding hydrogens is 342 g/mol. The van der Waals surface area contributed by atoms with E-state index < -0.39 is 0 Å². The van der Waals surface area contributed by atoms with Crippen molar-refractivity contribution in [3.05, 3.63) is 44.9 Å². The van der Waals surface area contributed by atoms with E-state index in [1.807, 2.05) is 7.05 Å². The second-order valence-corrected chi connectivity index (χ2v) is 8.13. The molecule has 3 rings (SSSR count). The van der Waals surface area contributed by atoms with Gasteiger partial charge in [-0.2, -0.15) is 0 Å². The highest BCUT2D eigenvalue weighted by atomic mass is 32.1. The Morgan fingerprint density at radius 3 is 2.50 bits per heavy atom. The van der Waals surface area contributed by atoms with E-state index in [0.29, 0.717) is 0 Å². The average molecular weight is 372 g/mol. The van der Waals surface area contributed by atoms with Crippen molar-refractivity contribution in [2.24, 2.45) is 4.99 Å². The molecule has 1 N–H and O–H groups in total. The van der Waals surface area contributed by atoms with Gasteiger partial charge in [0.05, 0.1) is 12.2 Å². The Kier molecular flexibility index (Phi) is 5.81. The van der Waals surface area contributed by atoms with E-state index in [1.165, 1.54) is 21.7 Å². The largest absolute Gasteiger partial charge is 0.368 e. The summed E-state index contributed by atoms with van der Waals surface area (Å²) in [5.74, 6) is 0.969. The molecule has 1 aliphatic heterocycles. The third-order valence-electron chi connectivity index (χ3n) is 5.18. The zero-order valence-electron chi connectivity index (χ0n) is 16.5. The van der Waals surface area contributed by atoms with E-state index in [2.05, 4.69) is 71.0 Å². The van der Waals surface area contributed by atoms with Crippen molar-refractivity contribution in [2.45, 2.75) is 34.2 Å². The molecule has 1 aromatic carbocycles. The van der Waals surface area contributed by atoms with E-state index in [0.717, 1.165) is 49.4 Å². The number of hydrogen-bond donors (Lipinski definition) is 1. The van der Waals surface area contributed by atoms with E-state index in [9.17, 15) is 0 Å². The first-order chi connectivity index (χ1) is 12.5. The van der Waals surface area contributed by atoms with Crippen LogP contribution >= 0.6 is 11.3 Å². The number of benzene rings is 1. The van der Waals surface area contributed by atoms with Crippen LogP contribution in [0.25, 0.3) is 0 Å². The lowest BCUT2D eigenvalue weighted by atomic mass is 10.1. The normalized spacial score (nSPS) is 15.5. The molecule has 1 fully saturated rings. The quantitative estimate of drug-likeness (QED) is 0.664. The van der Waals surface area contributed by atoms with Crippen LogP contribution in [-0.4, -0.2) is 49.1 Å². The third-order valence-corrected chi connectivity index (χ3v) is 6.25. The van der Waals surface area contributed by atoms with Crippen LogP contribution in [0, 0.1) is 27.7 Å². The van der Waals surface area contributed by atoms with Crippen LogP contribution in [0.4, 0.5) is 5.69 Å². The summed E-state index contributed by atoms with van der Waals surface area (Å²) in [5, 5.41) is 4.60. The zero-order valence-corrected chi connectivity index (χ0v) is 17.3. The van der Waals surface area contributed by atoms with Crippen LogP contribution in [0.3, 0.4) is 0 Å². The SMILES string of the molecule is CN=C(NCc1nc(C)c(C)s1)N1CCN(c2cccc(C)c2C)CC1. The number of hydrogen-bond acceptors (Lipinski definition) is 4. The van der Waals surface area contributed by atoms with Gasteiger partial charge in [-0.05, 0) is 44.9 Å². The lowest BCUT2D eigenvalue weighted by molar-refractivity contribution is 0.372. The Bertz CT molecular complexity index is 768. The molecule has 0 aliphatic carbocycles. The Labute approximate surface area is 160 Å². The van der Waals surface area contributed by atoms with E-state index in [1.54, 1.807) is 11.3 Å². The van der Waals surface area contributed by atoms with Gasteiger partial charge in [0.2, 0.25) is 0 Å². The fourth-order valence-electron chi connectivity index (χ4n) is 3.34. The predicted molar refractivity (Wildman–Crippen MR) is 111 cm³/mol. The number of guanidine groups is 1. The van der Waals surface area contributed by atoms with Gasteiger partial charge < -0.3 is 15.1 Å². The summed E-state index contributed by atoms with van der Waals surface area (Å²) >= 11 is 1.76. The smallest absolute Gasteiger partial charge is 0.194 e. The minimum absolute atomic E-state index is 0.739. The molecular formula is C20H29N5S. The van der Waals surface area contributed by atoms with Gasteiger partial charge in [-0.25, -0.2) is 4.98 Å². The summed E-state index contributed by atoms with van der Waals surface area (Å²) in [6, 6.07) is 6.57. The molecule has 0 saturated carbocycles. The van der Waals surface area contributed by atoms with Crippen LogP contribution in [0.1, 0.15) is 26.7 Å². The summed E-state index contributed by atoms with van der Waals surface area (Å²) in [4.78, 5) is 15.2. The minimum atomic E-state index is 0.739. The molecule has 2 aromatic rings. The number of piperazine rings is 1. The number of aryl methyl sites for hydroxylation is 3. The Morgan fingerprint density at radius 1 is 1.15 bits per heavy atom. The van der Waals surface area contributed by atoms with E-state index in [4.69, 9.17) is 0 Å². The molecule has 0 radical (unpaired) electrons. The summed E-state index contributed by atoms with van der Waals surface area (Å²) in [6.45, 7) is 13.3. The molecule has 0 bridgehead atoms. The van der Waals surface area contributed by atoms with Gasteiger partial charge in [-0.15, -0.1) is 11.3 Å². The zero-order chi connectivity index (χ0) is 18.7. The van der Waals surface area contributed by atoms with Crippen molar-refractivity contribution >= 4 is 23.0 Å². The average Bonchev–Trinajstić information content (AvgIpc) is 2.96. The number of thiazole rings is 1. The molecule has 6 heteroatoms. The van der Waals surface area contributed by atoms with Gasteiger partial charge in [-0.1, -0.05) is 12.1 Å². The lowest BCUT2D eigenvalue weighted by Gasteiger charge is -2.38. The molecule has 0 amide bonds. The molecule has 0 unspecified atom stereocenters. The van der Waals surface area contributed by atoms with Crippen molar-refractivity contribution in [1.29, 1.82) is 0 Å². The van der Waals surface area contributed by atoms with Crippen LogP contribution in [0.2, 0.25) is 0 Å². The number of nitrogens with zero attached hydrogens (tertiary/aromatic N) is 4. The van der Waals surface area contributed by atoms with Crippen LogP contribution < -0.4 is 10.2 Å². The minimum Gasteiger partial charge on any atom is -0.368 e. The second kappa shape index (κ2) is 8.08. The van der Waals surface area contributed by atoms with E-state index in [-0.39, 0.29) is 0 Å². The molecule has 2 heterocycles. The summed E-state index contributed by atoms with van der Waals surface area (Å²) in [5.41, 5.74) is 5.24. The third kappa shape index (κ3) is 4.01. The number of anilines is 1. The van der Waals surface area contributed by atoms with Gasteiger partial charge >= 0.3 is 0 Å². The molecule has 0 atom stereocenters. The van der Waals surface area contributed by atoms with Gasteiger partial charge in [0.25, 0.3) is 0 Å². The van der Waals surface area contributed by atoms with Crippen molar-refractivity contribution in [1.82, 2.24) is 15.2 Å². The molecule has 1 aliphatic rings. The monoisotopic (exact) mass is 371 g/mol. The van der Waals surface area contributed by atoms with Gasteiger partial charge in [-0.3, -0.25) is 4.99 Å².